The summed E-state index contributed by atoms with van der Waals surface area (Å²) in [6, 6.07) is 8.45. The first kappa shape index (κ1) is 17.7. The zero-order valence-corrected chi connectivity index (χ0v) is 15.1. The monoisotopic (exact) mass is 405 g/mol. The van der Waals surface area contributed by atoms with Crippen LogP contribution in [0.1, 0.15) is 11.7 Å². The van der Waals surface area contributed by atoms with Gasteiger partial charge in [-0.25, -0.2) is 9.37 Å². The Bertz CT molecular complexity index is 1420. The average Bonchev–Trinajstić information content (AvgIpc) is 3.37. The fraction of sp³-hybridized carbons (Fsp3) is 0.0526. The lowest BCUT2D eigenvalue weighted by atomic mass is 10.1. The van der Waals surface area contributed by atoms with Crippen molar-refractivity contribution in [3.05, 3.63) is 70.6 Å². The highest BCUT2D eigenvalue weighted by atomic mass is 19.1. The molecule has 0 saturated heterocycles. The van der Waals surface area contributed by atoms with Gasteiger partial charge < -0.3 is 14.6 Å². The number of rotatable bonds is 4. The van der Waals surface area contributed by atoms with Crippen LogP contribution in [0.25, 0.3) is 33.5 Å². The van der Waals surface area contributed by atoms with Crippen molar-refractivity contribution in [1.29, 1.82) is 0 Å². The van der Waals surface area contributed by atoms with Gasteiger partial charge in [0.2, 0.25) is 17.6 Å². The molecule has 0 radical (unpaired) electrons. The van der Waals surface area contributed by atoms with E-state index in [4.69, 9.17) is 4.52 Å². The quantitative estimate of drug-likeness (QED) is 0.412. The van der Waals surface area contributed by atoms with Gasteiger partial charge >= 0.3 is 0 Å². The number of benzene rings is 1. The summed E-state index contributed by atoms with van der Waals surface area (Å²) in [4.78, 5) is 27.6. The van der Waals surface area contributed by atoms with E-state index < -0.39 is 11.4 Å². The summed E-state index contributed by atoms with van der Waals surface area (Å²) >= 11 is 0. The molecule has 0 saturated carbocycles. The molecular weight excluding hydrogens is 393 g/mol. The standard InChI is InChI=1S/C19H12FN7O3/c20-12-8-22-26-17(12)18-25-16(30-27-18)6-14-23-13-3-1-9(5-11(13)19(29)24-14)10-2-4-15(28)21-7-10/h1-5,7-8H,6H2,(H,21,28)(H,22,26)(H,23,24,29). The number of aromatic nitrogens is 7. The minimum atomic E-state index is -0.598. The number of nitrogens with zero attached hydrogens (tertiary/aromatic N) is 5. The van der Waals surface area contributed by atoms with Crippen LogP contribution in [0.5, 0.6) is 5.88 Å². The SMILES string of the molecule is O=c1nc(Cc2nc(-c3n[nH]cc3F)no2)[nH]c2ccc(-c3ccc(O)nc3)cc12. The molecule has 30 heavy (non-hydrogen) atoms. The minimum Gasteiger partial charge on any atom is -0.493 e. The summed E-state index contributed by atoms with van der Waals surface area (Å²) in [5, 5.41) is 19.5. The Morgan fingerprint density at radius 2 is 2.00 bits per heavy atom. The Hall–Kier alpha value is -4.41. The third-order valence-electron chi connectivity index (χ3n) is 4.44. The molecule has 0 aliphatic heterocycles. The maximum atomic E-state index is 13.6. The molecule has 4 aromatic heterocycles. The molecule has 4 heterocycles. The molecule has 11 heteroatoms. The van der Waals surface area contributed by atoms with Crippen LogP contribution in [0.3, 0.4) is 0 Å². The molecule has 0 unspecified atom stereocenters. The highest BCUT2D eigenvalue weighted by Gasteiger charge is 2.17. The molecule has 0 aliphatic rings. The number of pyridine rings is 1. The lowest BCUT2D eigenvalue weighted by Gasteiger charge is -2.05. The van der Waals surface area contributed by atoms with Crippen LogP contribution in [0.15, 0.2) is 52.0 Å². The molecule has 3 N–H and O–H groups in total. The number of aromatic amines is 2. The van der Waals surface area contributed by atoms with Crippen molar-refractivity contribution in [2.24, 2.45) is 0 Å². The summed E-state index contributed by atoms with van der Waals surface area (Å²) in [7, 11) is 0. The van der Waals surface area contributed by atoms with Gasteiger partial charge in [-0.05, 0) is 23.8 Å². The fourth-order valence-electron chi connectivity index (χ4n) is 3.01. The predicted molar refractivity (Wildman–Crippen MR) is 102 cm³/mol. The van der Waals surface area contributed by atoms with E-state index in [-0.39, 0.29) is 29.7 Å². The molecule has 10 nitrogen and oxygen atoms in total. The Morgan fingerprint density at radius 1 is 1.13 bits per heavy atom. The second-order valence-corrected chi connectivity index (χ2v) is 6.42. The normalized spacial score (nSPS) is 11.2. The molecule has 0 amide bonds. The van der Waals surface area contributed by atoms with Crippen LogP contribution in [0.4, 0.5) is 4.39 Å². The summed E-state index contributed by atoms with van der Waals surface area (Å²) in [5.41, 5.74) is 1.62. The molecule has 0 aliphatic carbocycles. The Morgan fingerprint density at radius 3 is 2.77 bits per heavy atom. The Balaban J connectivity index is 1.46. The zero-order valence-electron chi connectivity index (χ0n) is 15.1. The Labute approximate surface area is 166 Å². The third-order valence-corrected chi connectivity index (χ3v) is 4.44. The van der Waals surface area contributed by atoms with Crippen LogP contribution >= 0.6 is 0 Å². The van der Waals surface area contributed by atoms with Gasteiger partial charge in [0.15, 0.2) is 11.5 Å². The second kappa shape index (κ2) is 6.88. The van der Waals surface area contributed by atoms with Gasteiger partial charge in [-0.3, -0.25) is 9.89 Å². The number of hydrogen-bond acceptors (Lipinski definition) is 8. The van der Waals surface area contributed by atoms with Crippen molar-refractivity contribution < 1.29 is 14.0 Å². The van der Waals surface area contributed by atoms with Crippen LogP contribution in [-0.2, 0) is 6.42 Å². The first-order chi connectivity index (χ1) is 14.6. The van der Waals surface area contributed by atoms with Gasteiger partial charge in [-0.15, -0.1) is 0 Å². The van der Waals surface area contributed by atoms with Crippen LogP contribution in [-0.4, -0.2) is 40.4 Å². The van der Waals surface area contributed by atoms with E-state index >= 15 is 0 Å². The van der Waals surface area contributed by atoms with Crippen molar-refractivity contribution in [1.82, 2.24) is 35.3 Å². The maximum Gasteiger partial charge on any atom is 0.280 e. The fourth-order valence-corrected chi connectivity index (χ4v) is 3.01. The smallest absolute Gasteiger partial charge is 0.280 e. The number of hydrogen-bond donors (Lipinski definition) is 3. The minimum absolute atomic E-state index is 0.000893. The van der Waals surface area contributed by atoms with E-state index in [1.165, 1.54) is 12.3 Å². The van der Waals surface area contributed by atoms with Gasteiger partial charge in [0.25, 0.3) is 5.56 Å². The topological polar surface area (TPSA) is 146 Å². The van der Waals surface area contributed by atoms with Crippen molar-refractivity contribution in [2.75, 3.05) is 0 Å². The molecule has 5 rings (SSSR count). The van der Waals surface area contributed by atoms with E-state index in [0.717, 1.165) is 17.3 Å². The summed E-state index contributed by atoms with van der Waals surface area (Å²) in [5.74, 6) is -0.202. The van der Waals surface area contributed by atoms with E-state index in [1.54, 1.807) is 18.2 Å². The van der Waals surface area contributed by atoms with Crippen molar-refractivity contribution in [3.8, 4) is 28.5 Å². The molecule has 148 valence electrons. The number of aromatic hydroxyl groups is 1. The van der Waals surface area contributed by atoms with Crippen LogP contribution < -0.4 is 5.56 Å². The largest absolute Gasteiger partial charge is 0.493 e. The van der Waals surface area contributed by atoms with Gasteiger partial charge in [0.1, 0.15) is 5.82 Å². The maximum absolute atomic E-state index is 13.6. The van der Waals surface area contributed by atoms with E-state index in [1.807, 2.05) is 6.07 Å². The van der Waals surface area contributed by atoms with Gasteiger partial charge in [0.05, 0.1) is 23.5 Å². The van der Waals surface area contributed by atoms with E-state index in [2.05, 4.69) is 35.3 Å². The van der Waals surface area contributed by atoms with Gasteiger partial charge in [-0.2, -0.15) is 15.1 Å². The lowest BCUT2D eigenvalue weighted by molar-refractivity contribution is 0.383. The van der Waals surface area contributed by atoms with Crippen molar-refractivity contribution >= 4 is 10.9 Å². The Kier molecular flexibility index (Phi) is 4.05. The lowest BCUT2D eigenvalue weighted by Crippen LogP contribution is -2.12. The van der Waals surface area contributed by atoms with Crippen LogP contribution in [0.2, 0.25) is 0 Å². The molecular formula is C19H12FN7O3. The van der Waals surface area contributed by atoms with E-state index in [0.29, 0.717) is 16.7 Å². The number of halogens is 1. The average molecular weight is 405 g/mol. The van der Waals surface area contributed by atoms with E-state index in [9.17, 15) is 14.3 Å². The summed E-state index contributed by atoms with van der Waals surface area (Å²) < 4.78 is 18.7. The number of H-pyrrole nitrogens is 2. The predicted octanol–water partition coefficient (Wildman–Crippen LogP) is 2.19. The van der Waals surface area contributed by atoms with Crippen molar-refractivity contribution in [3.63, 3.8) is 0 Å². The molecule has 5 aromatic rings. The van der Waals surface area contributed by atoms with Gasteiger partial charge in [0, 0.05) is 17.8 Å². The van der Waals surface area contributed by atoms with Crippen LogP contribution in [0, 0.1) is 5.82 Å². The zero-order chi connectivity index (χ0) is 20.7. The second-order valence-electron chi connectivity index (χ2n) is 6.42. The summed E-state index contributed by atoms with van der Waals surface area (Å²) in [6.07, 6.45) is 2.66. The van der Waals surface area contributed by atoms with Gasteiger partial charge in [-0.1, -0.05) is 11.2 Å². The highest BCUT2D eigenvalue weighted by Crippen LogP contribution is 2.23. The first-order valence-electron chi connectivity index (χ1n) is 8.77. The molecule has 0 atom stereocenters. The highest BCUT2D eigenvalue weighted by molar-refractivity contribution is 5.83. The molecule has 0 spiro atoms. The molecule has 1 aromatic carbocycles. The summed E-state index contributed by atoms with van der Waals surface area (Å²) in [6.45, 7) is 0. The number of nitrogens with one attached hydrogen (secondary N) is 2. The first-order valence-corrected chi connectivity index (χ1v) is 8.77. The number of fused-ring (bicyclic) bond motifs is 1. The molecule has 0 fully saturated rings. The molecule has 0 bridgehead atoms. The third kappa shape index (κ3) is 3.17. The van der Waals surface area contributed by atoms with Crippen molar-refractivity contribution in [2.45, 2.75) is 6.42 Å².